The molecule has 0 radical (unpaired) electrons. The van der Waals surface area contributed by atoms with Gasteiger partial charge in [0.1, 0.15) is 5.75 Å². The van der Waals surface area contributed by atoms with Gasteiger partial charge in [-0.1, -0.05) is 42.5 Å². The smallest absolute Gasteiger partial charge is 0.406 e. The summed E-state index contributed by atoms with van der Waals surface area (Å²) < 4.78 is 43.3. The molecule has 1 unspecified atom stereocenters. The van der Waals surface area contributed by atoms with Crippen LogP contribution in [0, 0.1) is 0 Å². The number of hydrogen-bond acceptors (Lipinski definition) is 4. The second-order valence-corrected chi connectivity index (χ2v) is 8.56. The van der Waals surface area contributed by atoms with Gasteiger partial charge in [-0.2, -0.15) is 5.10 Å². The summed E-state index contributed by atoms with van der Waals surface area (Å²) in [6.07, 6.45) is -2.48. The molecule has 2 aromatic carbocycles. The maximum Gasteiger partial charge on any atom is 0.573 e. The van der Waals surface area contributed by atoms with Crippen LogP contribution in [0.25, 0.3) is 0 Å². The Kier molecular flexibility index (Phi) is 6.92. The number of nitrogens with one attached hydrogen (secondary N) is 1. The Morgan fingerprint density at radius 2 is 1.91 bits per heavy atom. The van der Waals surface area contributed by atoms with E-state index < -0.39 is 6.36 Å². The summed E-state index contributed by atoms with van der Waals surface area (Å²) in [6.45, 7) is 0.884. The molecule has 1 amide bonds. The van der Waals surface area contributed by atoms with Gasteiger partial charge in [0, 0.05) is 44.5 Å². The Labute approximate surface area is 196 Å². The predicted octanol–water partition coefficient (Wildman–Crippen LogP) is 4.24. The van der Waals surface area contributed by atoms with Crippen LogP contribution in [0.1, 0.15) is 39.3 Å². The van der Waals surface area contributed by atoms with Crippen molar-refractivity contribution < 1.29 is 22.7 Å². The third-order valence-electron chi connectivity index (χ3n) is 5.99. The van der Waals surface area contributed by atoms with Gasteiger partial charge in [-0.15, -0.1) is 13.2 Å². The van der Waals surface area contributed by atoms with Crippen LogP contribution in [0.4, 0.5) is 13.2 Å². The number of fused-ring (bicyclic) bond motifs is 1. The summed E-state index contributed by atoms with van der Waals surface area (Å²) in [5.74, 6) is -0.363. The van der Waals surface area contributed by atoms with Crippen molar-refractivity contribution in [3.05, 3.63) is 82.7 Å². The van der Waals surface area contributed by atoms with Crippen LogP contribution in [0.2, 0.25) is 0 Å². The quantitative estimate of drug-likeness (QED) is 0.559. The summed E-state index contributed by atoms with van der Waals surface area (Å²) in [5, 5.41) is 7.94. The fourth-order valence-electron chi connectivity index (χ4n) is 4.36. The van der Waals surface area contributed by atoms with Crippen molar-refractivity contribution >= 4 is 5.91 Å². The van der Waals surface area contributed by atoms with Crippen LogP contribution in [-0.2, 0) is 33.0 Å². The van der Waals surface area contributed by atoms with Gasteiger partial charge < -0.3 is 15.0 Å². The highest BCUT2D eigenvalue weighted by Crippen LogP contribution is 2.27. The standard InChI is InChI=1S/C25H27F3N4O2/c1-31(16-17-7-4-3-5-8-17)24(33)23-21-14-19(11-12-22(21)32(2)30-23)29-15-18-9-6-10-20(13-18)34-25(26,27)28/h3-10,13,19,29H,11-12,14-16H2,1-2H3. The molecule has 34 heavy (non-hydrogen) atoms. The Hall–Kier alpha value is -3.33. The van der Waals surface area contributed by atoms with Crippen molar-refractivity contribution in [3.8, 4) is 5.75 Å². The van der Waals surface area contributed by atoms with Crippen molar-refractivity contribution in [2.45, 2.75) is 44.8 Å². The first-order chi connectivity index (χ1) is 16.2. The lowest BCUT2D eigenvalue weighted by Gasteiger charge is -2.25. The molecular formula is C25H27F3N4O2. The number of benzene rings is 2. The minimum absolute atomic E-state index is 0.0786. The Balaban J connectivity index is 1.42. The van der Waals surface area contributed by atoms with E-state index in [1.165, 1.54) is 18.2 Å². The SMILES string of the molecule is CN(Cc1ccccc1)C(=O)c1nn(C)c2c1CC(NCc1cccc(OC(F)(F)F)c1)CC2. The van der Waals surface area contributed by atoms with E-state index >= 15 is 0 Å². The lowest BCUT2D eigenvalue weighted by Crippen LogP contribution is -2.35. The second-order valence-electron chi connectivity index (χ2n) is 8.56. The lowest BCUT2D eigenvalue weighted by atomic mass is 9.91. The molecule has 4 rings (SSSR count). The van der Waals surface area contributed by atoms with Crippen LogP contribution in [0.15, 0.2) is 54.6 Å². The molecule has 0 spiro atoms. The zero-order valence-corrected chi connectivity index (χ0v) is 19.1. The number of aromatic nitrogens is 2. The normalized spacial score (nSPS) is 15.6. The number of carbonyl (C=O) groups is 1. The van der Waals surface area contributed by atoms with Crippen LogP contribution < -0.4 is 10.1 Å². The molecule has 0 aliphatic heterocycles. The Morgan fingerprint density at radius 1 is 1.18 bits per heavy atom. The highest BCUT2D eigenvalue weighted by Gasteiger charge is 2.31. The van der Waals surface area contributed by atoms with Gasteiger partial charge in [0.25, 0.3) is 5.91 Å². The fraction of sp³-hybridized carbons (Fsp3) is 0.360. The Bertz CT molecular complexity index is 1140. The van der Waals surface area contributed by atoms with Crippen LogP contribution >= 0.6 is 0 Å². The molecule has 0 bridgehead atoms. The molecule has 1 atom stereocenters. The molecule has 0 fully saturated rings. The largest absolute Gasteiger partial charge is 0.573 e. The van der Waals surface area contributed by atoms with Gasteiger partial charge in [0.15, 0.2) is 5.69 Å². The third kappa shape index (κ3) is 5.77. The van der Waals surface area contributed by atoms with Crippen molar-refractivity contribution in [2.75, 3.05) is 7.05 Å². The number of carbonyl (C=O) groups excluding carboxylic acids is 1. The minimum Gasteiger partial charge on any atom is -0.406 e. The molecule has 1 aliphatic rings. The van der Waals surface area contributed by atoms with E-state index in [1.54, 1.807) is 22.7 Å². The second kappa shape index (κ2) is 9.89. The van der Waals surface area contributed by atoms with Crippen LogP contribution in [0.5, 0.6) is 5.75 Å². The van der Waals surface area contributed by atoms with Crippen molar-refractivity contribution in [1.29, 1.82) is 0 Å². The lowest BCUT2D eigenvalue weighted by molar-refractivity contribution is -0.274. The number of hydrogen-bond donors (Lipinski definition) is 1. The number of rotatable bonds is 7. The maximum atomic E-state index is 13.2. The number of ether oxygens (including phenoxy) is 1. The zero-order chi connectivity index (χ0) is 24.3. The predicted molar refractivity (Wildman–Crippen MR) is 121 cm³/mol. The van der Waals surface area contributed by atoms with Gasteiger partial charge in [0.05, 0.1) is 0 Å². The number of aryl methyl sites for hydroxylation is 1. The topological polar surface area (TPSA) is 59.4 Å². The summed E-state index contributed by atoms with van der Waals surface area (Å²) >= 11 is 0. The first kappa shape index (κ1) is 23.8. The Morgan fingerprint density at radius 3 is 2.65 bits per heavy atom. The van der Waals surface area contributed by atoms with E-state index in [0.29, 0.717) is 30.8 Å². The van der Waals surface area contributed by atoms with Gasteiger partial charge in [-0.3, -0.25) is 9.48 Å². The van der Waals surface area contributed by atoms with E-state index in [0.717, 1.165) is 29.7 Å². The molecule has 3 aromatic rings. The van der Waals surface area contributed by atoms with Gasteiger partial charge in [-0.25, -0.2) is 0 Å². The van der Waals surface area contributed by atoms with E-state index in [2.05, 4.69) is 15.2 Å². The fourth-order valence-corrected chi connectivity index (χ4v) is 4.36. The van der Waals surface area contributed by atoms with Crippen molar-refractivity contribution in [2.24, 2.45) is 7.05 Å². The van der Waals surface area contributed by atoms with E-state index in [9.17, 15) is 18.0 Å². The average Bonchev–Trinajstić information content (AvgIpc) is 3.12. The number of alkyl halides is 3. The first-order valence-electron chi connectivity index (χ1n) is 11.1. The third-order valence-corrected chi connectivity index (χ3v) is 5.99. The van der Waals surface area contributed by atoms with Crippen molar-refractivity contribution in [3.63, 3.8) is 0 Å². The van der Waals surface area contributed by atoms with Gasteiger partial charge in [-0.05, 0) is 42.5 Å². The van der Waals surface area contributed by atoms with Crippen molar-refractivity contribution in [1.82, 2.24) is 20.0 Å². The molecule has 0 saturated carbocycles. The van der Waals surface area contributed by atoms with E-state index in [-0.39, 0.29) is 17.7 Å². The van der Waals surface area contributed by atoms with Gasteiger partial charge in [0.2, 0.25) is 0 Å². The monoisotopic (exact) mass is 472 g/mol. The average molecular weight is 473 g/mol. The van der Waals surface area contributed by atoms with E-state index in [4.69, 9.17) is 0 Å². The zero-order valence-electron chi connectivity index (χ0n) is 19.1. The van der Waals surface area contributed by atoms with Crippen LogP contribution in [-0.4, -0.2) is 40.0 Å². The molecule has 6 nitrogen and oxygen atoms in total. The number of amides is 1. The first-order valence-corrected chi connectivity index (χ1v) is 11.1. The summed E-state index contributed by atoms with van der Waals surface area (Å²) in [6, 6.07) is 15.8. The molecule has 1 heterocycles. The van der Waals surface area contributed by atoms with Gasteiger partial charge >= 0.3 is 6.36 Å². The highest BCUT2D eigenvalue weighted by molar-refractivity contribution is 5.94. The summed E-state index contributed by atoms with van der Waals surface area (Å²) in [5.41, 5.74) is 4.18. The summed E-state index contributed by atoms with van der Waals surface area (Å²) in [7, 11) is 3.62. The molecule has 9 heteroatoms. The minimum atomic E-state index is -4.72. The molecule has 0 saturated heterocycles. The van der Waals surface area contributed by atoms with E-state index in [1.807, 2.05) is 37.4 Å². The molecular weight excluding hydrogens is 445 g/mol. The molecule has 1 N–H and O–H groups in total. The molecule has 1 aliphatic carbocycles. The molecule has 1 aromatic heterocycles. The molecule has 180 valence electrons. The summed E-state index contributed by atoms with van der Waals surface area (Å²) in [4.78, 5) is 14.9. The maximum absolute atomic E-state index is 13.2. The van der Waals surface area contributed by atoms with Crippen LogP contribution in [0.3, 0.4) is 0 Å². The highest BCUT2D eigenvalue weighted by atomic mass is 19.4. The number of halogens is 3. The number of nitrogens with zero attached hydrogens (tertiary/aromatic N) is 3.